The second-order valence-electron chi connectivity index (χ2n) is 4.70. The molecule has 2 N–H and O–H groups in total. The minimum atomic E-state index is -0.812. The highest BCUT2D eigenvalue weighted by Crippen LogP contribution is 2.14. The summed E-state index contributed by atoms with van der Waals surface area (Å²) in [5.41, 5.74) is 7.54. The zero-order chi connectivity index (χ0) is 13.7. The van der Waals surface area contributed by atoms with Gasteiger partial charge in [0.2, 0.25) is 0 Å². The molecule has 0 amide bonds. The van der Waals surface area contributed by atoms with Crippen LogP contribution in [0.3, 0.4) is 0 Å². The highest BCUT2D eigenvalue weighted by atomic mass is 19.2. The molecule has 1 atom stereocenters. The van der Waals surface area contributed by atoms with Crippen molar-refractivity contribution >= 4 is 0 Å². The van der Waals surface area contributed by atoms with E-state index in [2.05, 4.69) is 0 Å². The van der Waals surface area contributed by atoms with E-state index in [0.29, 0.717) is 12.0 Å². The molecule has 2 aromatic carbocycles. The summed E-state index contributed by atoms with van der Waals surface area (Å²) in [7, 11) is 0. The summed E-state index contributed by atoms with van der Waals surface area (Å²) in [6.45, 7) is 0. The molecule has 1 nitrogen and oxygen atoms in total. The number of benzene rings is 2. The number of halogens is 2. The van der Waals surface area contributed by atoms with E-state index in [1.165, 1.54) is 11.6 Å². The summed E-state index contributed by atoms with van der Waals surface area (Å²) >= 11 is 0. The maximum absolute atomic E-state index is 13.5. The number of hydrogen-bond donors (Lipinski definition) is 1. The molecule has 0 aliphatic heterocycles. The lowest BCUT2D eigenvalue weighted by Gasteiger charge is -2.12. The molecule has 0 radical (unpaired) electrons. The Bertz CT molecular complexity index is 526. The van der Waals surface area contributed by atoms with E-state index in [1.54, 1.807) is 6.07 Å². The first-order chi connectivity index (χ1) is 9.16. The fourth-order valence-electron chi connectivity index (χ4n) is 2.09. The molecule has 0 saturated heterocycles. The van der Waals surface area contributed by atoms with Gasteiger partial charge in [-0.2, -0.15) is 0 Å². The normalized spacial score (nSPS) is 12.4. The zero-order valence-corrected chi connectivity index (χ0v) is 10.7. The van der Waals surface area contributed by atoms with Crippen molar-refractivity contribution in [2.45, 2.75) is 25.3 Å². The summed E-state index contributed by atoms with van der Waals surface area (Å²) < 4.78 is 26.6. The average Bonchev–Trinajstić information content (AvgIpc) is 2.43. The van der Waals surface area contributed by atoms with Crippen molar-refractivity contribution in [3.8, 4) is 0 Å². The van der Waals surface area contributed by atoms with Gasteiger partial charge in [-0.3, -0.25) is 0 Å². The van der Waals surface area contributed by atoms with Gasteiger partial charge in [-0.05, 0) is 36.5 Å². The Balaban J connectivity index is 1.91. The molecule has 0 fully saturated rings. The smallest absolute Gasteiger partial charge is 0.162 e. The number of hydrogen-bond acceptors (Lipinski definition) is 1. The van der Waals surface area contributed by atoms with Crippen molar-refractivity contribution in [2.24, 2.45) is 5.73 Å². The number of aryl methyl sites for hydroxylation is 1. The standard InChI is InChI=1S/C16H17F2N/c17-15-8-4-7-13(16(15)18)11-14(19)10-9-12-5-2-1-3-6-12/h1-8,14H,9-11,19H2. The molecule has 0 aliphatic rings. The van der Waals surface area contributed by atoms with Gasteiger partial charge in [-0.15, -0.1) is 0 Å². The topological polar surface area (TPSA) is 26.0 Å². The number of rotatable bonds is 5. The highest BCUT2D eigenvalue weighted by molar-refractivity contribution is 5.20. The average molecular weight is 261 g/mol. The van der Waals surface area contributed by atoms with E-state index in [4.69, 9.17) is 5.73 Å². The van der Waals surface area contributed by atoms with Crippen LogP contribution in [-0.2, 0) is 12.8 Å². The summed E-state index contributed by atoms with van der Waals surface area (Å²) in [5.74, 6) is -1.59. The second kappa shape index (κ2) is 6.43. The predicted octanol–water partition coefficient (Wildman–Crippen LogP) is 3.47. The first-order valence-electron chi connectivity index (χ1n) is 6.39. The lowest BCUT2D eigenvalue weighted by molar-refractivity contribution is 0.490. The van der Waals surface area contributed by atoms with Gasteiger partial charge in [0.1, 0.15) is 0 Å². The van der Waals surface area contributed by atoms with Gasteiger partial charge in [0.25, 0.3) is 0 Å². The maximum atomic E-state index is 13.5. The molecule has 0 aromatic heterocycles. The van der Waals surface area contributed by atoms with E-state index in [0.717, 1.165) is 18.9 Å². The molecule has 19 heavy (non-hydrogen) atoms. The molecule has 2 rings (SSSR count). The largest absolute Gasteiger partial charge is 0.327 e. The van der Waals surface area contributed by atoms with Crippen LogP contribution >= 0.6 is 0 Å². The number of nitrogens with two attached hydrogens (primary N) is 1. The predicted molar refractivity (Wildman–Crippen MR) is 72.8 cm³/mol. The second-order valence-corrected chi connectivity index (χ2v) is 4.70. The van der Waals surface area contributed by atoms with E-state index >= 15 is 0 Å². The van der Waals surface area contributed by atoms with Gasteiger partial charge in [0.05, 0.1) is 0 Å². The lowest BCUT2D eigenvalue weighted by Crippen LogP contribution is -2.24. The first-order valence-corrected chi connectivity index (χ1v) is 6.39. The summed E-state index contributed by atoms with van der Waals surface area (Å²) in [4.78, 5) is 0. The molecular weight excluding hydrogens is 244 g/mol. The molecule has 0 heterocycles. The highest BCUT2D eigenvalue weighted by Gasteiger charge is 2.11. The van der Waals surface area contributed by atoms with E-state index < -0.39 is 11.6 Å². The van der Waals surface area contributed by atoms with E-state index in [9.17, 15) is 8.78 Å². The zero-order valence-electron chi connectivity index (χ0n) is 10.7. The molecular formula is C16H17F2N. The van der Waals surface area contributed by atoms with Crippen molar-refractivity contribution in [1.82, 2.24) is 0 Å². The molecule has 3 heteroatoms. The van der Waals surface area contributed by atoms with Crippen LogP contribution in [0.15, 0.2) is 48.5 Å². The van der Waals surface area contributed by atoms with Gasteiger partial charge >= 0.3 is 0 Å². The molecule has 100 valence electrons. The van der Waals surface area contributed by atoms with Crippen molar-refractivity contribution in [1.29, 1.82) is 0 Å². The van der Waals surface area contributed by atoms with Crippen LogP contribution in [0, 0.1) is 11.6 Å². The Labute approximate surface area is 112 Å². The molecule has 0 bridgehead atoms. The van der Waals surface area contributed by atoms with Crippen LogP contribution in [0.5, 0.6) is 0 Å². The van der Waals surface area contributed by atoms with Crippen LogP contribution in [0.1, 0.15) is 17.5 Å². The molecule has 2 aromatic rings. The Morgan fingerprint density at radius 2 is 1.68 bits per heavy atom. The first kappa shape index (κ1) is 13.7. The van der Waals surface area contributed by atoms with Crippen LogP contribution < -0.4 is 5.73 Å². The lowest BCUT2D eigenvalue weighted by atomic mass is 9.99. The SMILES string of the molecule is NC(CCc1ccccc1)Cc1cccc(F)c1F. The van der Waals surface area contributed by atoms with Gasteiger partial charge < -0.3 is 5.73 Å². The van der Waals surface area contributed by atoms with Crippen LogP contribution in [0.4, 0.5) is 8.78 Å². The van der Waals surface area contributed by atoms with Gasteiger partial charge in [-0.25, -0.2) is 8.78 Å². The summed E-state index contributed by atoms with van der Waals surface area (Å²) in [6, 6.07) is 14.0. The van der Waals surface area contributed by atoms with Crippen molar-refractivity contribution < 1.29 is 8.78 Å². The Kier molecular flexibility index (Phi) is 4.63. The van der Waals surface area contributed by atoms with Crippen molar-refractivity contribution in [3.63, 3.8) is 0 Å². The Morgan fingerprint density at radius 1 is 0.947 bits per heavy atom. The Hall–Kier alpha value is -1.74. The van der Waals surface area contributed by atoms with Gasteiger partial charge in [0, 0.05) is 6.04 Å². The molecule has 1 unspecified atom stereocenters. The maximum Gasteiger partial charge on any atom is 0.162 e. The third-order valence-corrected chi connectivity index (χ3v) is 3.16. The monoisotopic (exact) mass is 261 g/mol. The van der Waals surface area contributed by atoms with Crippen molar-refractivity contribution in [3.05, 3.63) is 71.3 Å². The minimum Gasteiger partial charge on any atom is -0.327 e. The third-order valence-electron chi connectivity index (χ3n) is 3.16. The van der Waals surface area contributed by atoms with E-state index in [-0.39, 0.29) is 6.04 Å². The van der Waals surface area contributed by atoms with Gasteiger partial charge in [-0.1, -0.05) is 42.5 Å². The van der Waals surface area contributed by atoms with E-state index in [1.807, 2.05) is 30.3 Å². The van der Waals surface area contributed by atoms with Crippen LogP contribution in [0.25, 0.3) is 0 Å². The molecule has 0 saturated carbocycles. The quantitative estimate of drug-likeness (QED) is 0.876. The minimum absolute atomic E-state index is 0.170. The van der Waals surface area contributed by atoms with Crippen molar-refractivity contribution in [2.75, 3.05) is 0 Å². The summed E-state index contributed by atoms with van der Waals surface area (Å²) in [5, 5.41) is 0. The van der Waals surface area contributed by atoms with Gasteiger partial charge in [0.15, 0.2) is 11.6 Å². The Morgan fingerprint density at radius 3 is 2.42 bits per heavy atom. The summed E-state index contributed by atoms with van der Waals surface area (Å²) in [6.07, 6.45) is 1.95. The van der Waals surface area contributed by atoms with Crippen LogP contribution in [0.2, 0.25) is 0 Å². The van der Waals surface area contributed by atoms with Crippen LogP contribution in [-0.4, -0.2) is 6.04 Å². The fraction of sp³-hybridized carbons (Fsp3) is 0.250. The fourth-order valence-corrected chi connectivity index (χ4v) is 2.09. The molecule has 0 aliphatic carbocycles. The molecule has 0 spiro atoms. The third kappa shape index (κ3) is 3.86.